The minimum absolute atomic E-state index is 0.197. The first-order valence-electron chi connectivity index (χ1n) is 11.3. The van der Waals surface area contributed by atoms with Gasteiger partial charge in [-0.05, 0) is 74.7 Å². The summed E-state index contributed by atoms with van der Waals surface area (Å²) >= 11 is 0. The number of hydrogen-bond acceptors (Lipinski definition) is 4. The Hall–Kier alpha value is -0.840. The molecule has 4 fully saturated rings. The summed E-state index contributed by atoms with van der Waals surface area (Å²) in [7, 11) is 2.30. The maximum atomic E-state index is 11.0. The molecule has 2 saturated heterocycles. The molecule has 0 aromatic heterocycles. The molecule has 4 heteroatoms. The molecule has 3 aliphatic heterocycles. The van der Waals surface area contributed by atoms with Gasteiger partial charge in [0.1, 0.15) is 0 Å². The third-order valence-electron chi connectivity index (χ3n) is 8.96. The third-order valence-corrected chi connectivity index (χ3v) is 8.96. The highest BCUT2D eigenvalue weighted by Gasteiger charge is 2.59. The summed E-state index contributed by atoms with van der Waals surface area (Å²) in [6.07, 6.45) is 12.0. The molecule has 0 aromatic rings. The van der Waals surface area contributed by atoms with Crippen molar-refractivity contribution in [2.75, 3.05) is 26.7 Å². The molecule has 10 atom stereocenters. The van der Waals surface area contributed by atoms with E-state index in [1.807, 2.05) is 0 Å². The van der Waals surface area contributed by atoms with Crippen molar-refractivity contribution in [3.63, 3.8) is 0 Å². The fourth-order valence-electron chi connectivity index (χ4n) is 7.75. The molecule has 3 heterocycles. The van der Waals surface area contributed by atoms with Crippen LogP contribution in [-0.2, 0) is 0 Å². The number of allylic oxidation sites excluding steroid dienone is 2. The number of rotatable bonds is 1. The van der Waals surface area contributed by atoms with Crippen molar-refractivity contribution in [2.24, 2.45) is 35.5 Å². The van der Waals surface area contributed by atoms with Crippen LogP contribution in [0.5, 0.6) is 0 Å². The van der Waals surface area contributed by atoms with Gasteiger partial charge in [0.15, 0.2) is 0 Å². The molecular weight excluding hydrogens is 334 g/mol. The lowest BCUT2D eigenvalue weighted by Gasteiger charge is -2.54. The van der Waals surface area contributed by atoms with E-state index in [9.17, 15) is 5.11 Å². The lowest BCUT2D eigenvalue weighted by atomic mass is 9.55. The number of aliphatic hydroxyl groups excluding tert-OH is 1. The first kappa shape index (κ1) is 18.2. The average Bonchev–Trinajstić information content (AvgIpc) is 3.06. The van der Waals surface area contributed by atoms with Crippen LogP contribution in [-0.4, -0.2) is 65.8 Å². The van der Waals surface area contributed by atoms with E-state index in [2.05, 4.69) is 60.4 Å². The van der Waals surface area contributed by atoms with Crippen molar-refractivity contribution in [3.8, 4) is 0 Å². The van der Waals surface area contributed by atoms with Crippen molar-refractivity contribution < 1.29 is 5.11 Å². The molecule has 27 heavy (non-hydrogen) atoms. The van der Waals surface area contributed by atoms with Gasteiger partial charge in [0.05, 0.1) is 12.1 Å². The largest absolute Gasteiger partial charge is 0.391 e. The normalized spacial score (nSPS) is 52.4. The van der Waals surface area contributed by atoms with Crippen molar-refractivity contribution in [1.82, 2.24) is 15.1 Å². The quantitative estimate of drug-likeness (QED) is 0.742. The number of likely N-dealkylation sites (tertiary alicyclic amines) is 1. The smallest absolute Gasteiger partial charge is 0.0747 e. The molecule has 0 radical (unpaired) electrons. The van der Waals surface area contributed by atoms with Gasteiger partial charge in [-0.3, -0.25) is 0 Å². The molecule has 150 valence electrons. The van der Waals surface area contributed by atoms with E-state index in [0.29, 0.717) is 23.9 Å². The summed E-state index contributed by atoms with van der Waals surface area (Å²) in [6, 6.07) is 1.48. The van der Waals surface area contributed by atoms with Crippen LogP contribution in [0.4, 0.5) is 0 Å². The molecule has 0 amide bonds. The predicted octanol–water partition coefficient (Wildman–Crippen LogP) is 2.32. The summed E-state index contributed by atoms with van der Waals surface area (Å²) in [5.74, 6) is 4.43. The molecule has 0 bridgehead atoms. The number of hydrogen-bond donors (Lipinski definition) is 2. The topological polar surface area (TPSA) is 38.7 Å². The summed E-state index contributed by atoms with van der Waals surface area (Å²) in [5.41, 5.74) is 0. The van der Waals surface area contributed by atoms with Crippen molar-refractivity contribution in [3.05, 3.63) is 24.4 Å². The summed E-state index contributed by atoms with van der Waals surface area (Å²) in [6.45, 7) is 8.52. The lowest BCUT2D eigenvalue weighted by Crippen LogP contribution is -2.58. The van der Waals surface area contributed by atoms with Crippen LogP contribution in [0.15, 0.2) is 24.4 Å². The van der Waals surface area contributed by atoms with Gasteiger partial charge in [0.25, 0.3) is 0 Å². The Morgan fingerprint density at radius 1 is 1.00 bits per heavy atom. The highest BCUT2D eigenvalue weighted by molar-refractivity contribution is 5.17. The summed E-state index contributed by atoms with van der Waals surface area (Å²) in [5, 5.41) is 15.2. The molecule has 2 saturated carbocycles. The Labute approximate surface area is 164 Å². The van der Waals surface area contributed by atoms with E-state index in [4.69, 9.17) is 0 Å². The maximum absolute atomic E-state index is 11.0. The average molecular weight is 372 g/mol. The highest BCUT2D eigenvalue weighted by atomic mass is 16.3. The summed E-state index contributed by atoms with van der Waals surface area (Å²) < 4.78 is 0. The Kier molecular flexibility index (Phi) is 4.65. The predicted molar refractivity (Wildman–Crippen MR) is 109 cm³/mol. The lowest BCUT2D eigenvalue weighted by molar-refractivity contribution is -0.0571. The van der Waals surface area contributed by atoms with E-state index in [1.54, 1.807) is 0 Å². The monoisotopic (exact) mass is 371 g/mol. The third kappa shape index (κ3) is 2.82. The first-order chi connectivity index (χ1) is 13.1. The number of piperidine rings is 1. The van der Waals surface area contributed by atoms with Gasteiger partial charge >= 0.3 is 0 Å². The van der Waals surface area contributed by atoms with Gasteiger partial charge in [-0.2, -0.15) is 0 Å². The van der Waals surface area contributed by atoms with E-state index < -0.39 is 0 Å². The van der Waals surface area contributed by atoms with Crippen LogP contribution in [0.3, 0.4) is 0 Å². The molecule has 4 nitrogen and oxygen atoms in total. The zero-order chi connectivity index (χ0) is 18.7. The first-order valence-corrected chi connectivity index (χ1v) is 11.3. The van der Waals surface area contributed by atoms with E-state index >= 15 is 0 Å². The van der Waals surface area contributed by atoms with Gasteiger partial charge in [-0.15, -0.1) is 0 Å². The van der Waals surface area contributed by atoms with E-state index in [-0.39, 0.29) is 12.1 Å². The molecule has 10 unspecified atom stereocenters. The minimum Gasteiger partial charge on any atom is -0.391 e. The second-order valence-corrected chi connectivity index (χ2v) is 10.2. The Morgan fingerprint density at radius 2 is 1.85 bits per heavy atom. The van der Waals surface area contributed by atoms with Crippen LogP contribution in [0.2, 0.25) is 0 Å². The Bertz CT molecular complexity index is 619. The van der Waals surface area contributed by atoms with Gasteiger partial charge in [-0.1, -0.05) is 26.0 Å². The highest BCUT2D eigenvalue weighted by Crippen LogP contribution is 2.54. The van der Waals surface area contributed by atoms with Crippen LogP contribution in [0.1, 0.15) is 33.1 Å². The molecule has 5 aliphatic rings. The number of nitrogens with zero attached hydrogens (tertiary/aromatic N) is 2. The van der Waals surface area contributed by atoms with E-state index in [1.165, 1.54) is 19.5 Å². The van der Waals surface area contributed by atoms with Gasteiger partial charge in [-0.25, -0.2) is 0 Å². The maximum Gasteiger partial charge on any atom is 0.0747 e. The van der Waals surface area contributed by atoms with Crippen LogP contribution < -0.4 is 5.32 Å². The molecule has 0 aromatic carbocycles. The van der Waals surface area contributed by atoms with Crippen LogP contribution >= 0.6 is 0 Å². The molecule has 2 N–H and O–H groups in total. The molecular formula is C23H37N3O. The molecule has 2 aliphatic carbocycles. The van der Waals surface area contributed by atoms with Crippen LogP contribution in [0, 0.1) is 35.5 Å². The molecule has 5 rings (SSSR count). The Morgan fingerprint density at radius 3 is 2.63 bits per heavy atom. The van der Waals surface area contributed by atoms with Crippen LogP contribution in [0.25, 0.3) is 0 Å². The van der Waals surface area contributed by atoms with Crippen molar-refractivity contribution >= 4 is 0 Å². The van der Waals surface area contributed by atoms with Crippen molar-refractivity contribution in [2.45, 2.75) is 57.3 Å². The standard InChI is InChI=1S/C23H37N3O/c1-14-17-13-25(3)12-9-16(17)15(2)22-20(14)21-18(24-22)7-8-19(27)23(21)26-10-5-4-6-11-26/h4-6,10,14-24,27H,7-9,11-13H2,1-3H3. The van der Waals surface area contributed by atoms with Gasteiger partial charge in [0, 0.05) is 31.1 Å². The number of nitrogens with one attached hydrogen (secondary N) is 1. The zero-order valence-corrected chi connectivity index (χ0v) is 17.2. The van der Waals surface area contributed by atoms with Crippen molar-refractivity contribution in [1.29, 1.82) is 0 Å². The SMILES string of the molecule is CC1C2CCN(C)CC2C(C)C2C1NC1CCC(O)C(N3C=CC=CC3)C12. The van der Waals surface area contributed by atoms with E-state index in [0.717, 1.165) is 43.1 Å². The fraction of sp³-hybridized carbons (Fsp3) is 0.826. The second kappa shape index (κ2) is 6.89. The summed E-state index contributed by atoms with van der Waals surface area (Å²) in [4.78, 5) is 4.98. The fourth-order valence-corrected chi connectivity index (χ4v) is 7.75. The minimum atomic E-state index is -0.197. The number of aliphatic hydroxyl groups is 1. The Balaban J connectivity index is 1.48. The second-order valence-electron chi connectivity index (χ2n) is 10.2. The van der Waals surface area contributed by atoms with Gasteiger partial charge in [0.2, 0.25) is 0 Å². The van der Waals surface area contributed by atoms with Gasteiger partial charge < -0.3 is 20.2 Å². The number of fused-ring (bicyclic) bond motifs is 4. The molecule has 0 spiro atoms. The zero-order valence-electron chi connectivity index (χ0n) is 17.2.